The largest absolute Gasteiger partial charge is 0.481 e. The van der Waals surface area contributed by atoms with Crippen molar-refractivity contribution in [2.24, 2.45) is 73.7 Å². The van der Waals surface area contributed by atoms with Crippen LogP contribution in [0.1, 0.15) is 174 Å². The highest BCUT2D eigenvalue weighted by molar-refractivity contribution is 5.99. The number of hydrogen-bond donors (Lipinski definition) is 3. The standard InChI is InChI=1S/C16H24N2.C14H24O.C14H22O.C2H4O2.CH4N2.H2/c1-10-15(2,3)12-7-6-11-8-17-9-18-14(11)13(12)16(10,4)5;2*1-9-13(2,3)10-7-6-8-11(15)12(10)14(9,4)5;1-2(3)4;2-1-3;/h8-10,12-13H,6-7H2,1-5H3;9-10,12H,6-8H2,1-5H3;9H,6-8H2,1-5H3;1H3,(H,3,4);1H,(H3,2,3);1H. The van der Waals surface area contributed by atoms with Gasteiger partial charge in [-0.15, -0.1) is 0 Å². The number of rotatable bonds is 0. The Hall–Kier alpha value is -2.90. The monoisotopic (exact) mass is 765 g/mol. The molecular formula is C47H80N4O4. The van der Waals surface area contributed by atoms with E-state index in [2.05, 4.69) is 120 Å². The molecule has 0 bridgehead atoms. The number of hydrogen-bond acceptors (Lipinski definition) is 6. The number of Topliss-reactive ketones (excluding diaryl/α,β-unsaturated/α-hetero) is 2. The normalized spacial score (nSPS) is 33.1. The Morgan fingerprint density at radius 2 is 1.25 bits per heavy atom. The Morgan fingerprint density at radius 3 is 1.75 bits per heavy atom. The highest BCUT2D eigenvalue weighted by atomic mass is 16.4. The minimum absolute atomic E-state index is 0. The van der Waals surface area contributed by atoms with Gasteiger partial charge in [-0.05, 0) is 106 Å². The van der Waals surface area contributed by atoms with Crippen LogP contribution < -0.4 is 5.73 Å². The van der Waals surface area contributed by atoms with Crippen LogP contribution in [0.25, 0.3) is 0 Å². The summed E-state index contributed by atoms with van der Waals surface area (Å²) in [6.07, 6.45) is 13.1. The highest BCUT2D eigenvalue weighted by Crippen LogP contribution is 2.67. The average Bonchev–Trinajstić information content (AvgIpc) is 3.40. The fourth-order valence-electron chi connectivity index (χ4n) is 12.7. The molecule has 0 saturated heterocycles. The summed E-state index contributed by atoms with van der Waals surface area (Å²) in [7, 11) is 0. The van der Waals surface area contributed by atoms with Gasteiger partial charge >= 0.3 is 0 Å². The summed E-state index contributed by atoms with van der Waals surface area (Å²) < 4.78 is 0. The van der Waals surface area contributed by atoms with Gasteiger partial charge in [0.15, 0.2) is 5.78 Å². The van der Waals surface area contributed by atoms with Crippen molar-refractivity contribution in [3.8, 4) is 0 Å². The number of fused-ring (bicyclic) bond motifs is 4. The van der Waals surface area contributed by atoms with Crippen LogP contribution in [0.3, 0.4) is 0 Å². The number of carbonyl (C=O) groups is 3. The van der Waals surface area contributed by atoms with E-state index >= 15 is 0 Å². The van der Waals surface area contributed by atoms with Gasteiger partial charge in [0.25, 0.3) is 5.97 Å². The van der Waals surface area contributed by atoms with Crippen LogP contribution in [0.15, 0.2) is 23.7 Å². The zero-order chi connectivity index (χ0) is 42.3. The zero-order valence-corrected chi connectivity index (χ0v) is 37.6. The maximum absolute atomic E-state index is 12.1. The van der Waals surface area contributed by atoms with E-state index in [0.29, 0.717) is 57.4 Å². The molecule has 3 saturated carbocycles. The quantitative estimate of drug-likeness (QED) is 0.176. The number of carbonyl (C=O) groups excluding carboxylic acids is 2. The Kier molecular flexibility index (Phi) is 14.0. The fraction of sp³-hybridized carbons (Fsp3) is 0.787. The van der Waals surface area contributed by atoms with Crippen LogP contribution in [-0.4, -0.2) is 38.9 Å². The fourth-order valence-corrected chi connectivity index (χ4v) is 12.7. The van der Waals surface area contributed by atoms with Gasteiger partial charge in [0.2, 0.25) is 0 Å². The molecule has 4 N–H and O–H groups in total. The van der Waals surface area contributed by atoms with Gasteiger partial charge in [0, 0.05) is 44.8 Å². The number of nitrogens with zero attached hydrogens (tertiary/aromatic N) is 2. The minimum Gasteiger partial charge on any atom is -0.481 e. The number of aliphatic carboxylic acids is 1. The predicted octanol–water partition coefficient (Wildman–Crippen LogP) is 11.1. The summed E-state index contributed by atoms with van der Waals surface area (Å²) in [4.78, 5) is 42.0. The van der Waals surface area contributed by atoms with Crippen molar-refractivity contribution in [3.63, 3.8) is 0 Å². The number of nitrogens with two attached hydrogens (primary N) is 1. The second kappa shape index (κ2) is 16.5. The van der Waals surface area contributed by atoms with Crippen LogP contribution in [0.4, 0.5) is 0 Å². The molecule has 55 heavy (non-hydrogen) atoms. The lowest BCUT2D eigenvalue weighted by Crippen LogP contribution is -2.35. The van der Waals surface area contributed by atoms with E-state index < -0.39 is 5.97 Å². The number of carboxylic acid groups (broad SMARTS) is 1. The van der Waals surface area contributed by atoms with E-state index in [0.717, 1.165) is 63.6 Å². The molecule has 0 spiro atoms. The summed E-state index contributed by atoms with van der Waals surface area (Å²) in [5.74, 6) is 4.38. The van der Waals surface area contributed by atoms with Crippen molar-refractivity contribution in [1.82, 2.24) is 9.97 Å². The van der Waals surface area contributed by atoms with Gasteiger partial charge < -0.3 is 10.8 Å². The van der Waals surface area contributed by atoms with Crippen molar-refractivity contribution in [2.45, 2.75) is 168 Å². The summed E-state index contributed by atoms with van der Waals surface area (Å²) in [5, 5.41) is 13.3. The smallest absolute Gasteiger partial charge is 0.300 e. The topological polar surface area (TPSA) is 147 Å². The molecule has 7 unspecified atom stereocenters. The van der Waals surface area contributed by atoms with E-state index in [1.807, 2.05) is 6.20 Å². The number of carboxylic acids is 1. The van der Waals surface area contributed by atoms with Gasteiger partial charge in [-0.3, -0.25) is 19.8 Å². The molecule has 6 aliphatic carbocycles. The third kappa shape index (κ3) is 8.40. The summed E-state index contributed by atoms with van der Waals surface area (Å²) in [6, 6.07) is 0. The van der Waals surface area contributed by atoms with Crippen molar-refractivity contribution in [3.05, 3.63) is 34.9 Å². The molecule has 0 aliphatic heterocycles. The van der Waals surface area contributed by atoms with Crippen molar-refractivity contribution in [1.29, 1.82) is 5.41 Å². The van der Waals surface area contributed by atoms with Gasteiger partial charge in [0.05, 0.1) is 12.0 Å². The second-order valence-corrected chi connectivity index (χ2v) is 21.2. The molecule has 1 heterocycles. The molecule has 8 nitrogen and oxygen atoms in total. The lowest BCUT2D eigenvalue weighted by molar-refractivity contribution is -0.134. The maximum Gasteiger partial charge on any atom is 0.300 e. The average molecular weight is 765 g/mol. The van der Waals surface area contributed by atoms with Crippen LogP contribution >= 0.6 is 0 Å². The van der Waals surface area contributed by atoms with Crippen molar-refractivity contribution in [2.75, 3.05) is 0 Å². The van der Waals surface area contributed by atoms with Crippen LogP contribution in [-0.2, 0) is 20.8 Å². The Labute approximate surface area is 336 Å². The van der Waals surface area contributed by atoms with Crippen molar-refractivity contribution >= 4 is 23.9 Å². The van der Waals surface area contributed by atoms with Gasteiger partial charge in [-0.2, -0.15) is 0 Å². The van der Waals surface area contributed by atoms with E-state index in [4.69, 9.17) is 15.3 Å². The number of ketones is 2. The van der Waals surface area contributed by atoms with Gasteiger partial charge in [-0.1, -0.05) is 109 Å². The number of aromatic nitrogens is 2. The molecule has 7 rings (SSSR count). The lowest BCUT2D eigenvalue weighted by atomic mass is 9.68. The van der Waals surface area contributed by atoms with E-state index in [9.17, 15) is 9.59 Å². The summed E-state index contributed by atoms with van der Waals surface area (Å²) in [5.41, 5.74) is 11.3. The van der Waals surface area contributed by atoms with E-state index in [1.54, 1.807) is 6.33 Å². The van der Waals surface area contributed by atoms with Crippen molar-refractivity contribution < 1.29 is 20.9 Å². The Bertz CT molecular complexity index is 1620. The molecule has 6 aliphatic rings. The SMILES string of the molecule is CC(=O)O.CC1C(C)(C)C2=C(C(=O)CCC2)C1(C)C.CC1C(C)(C)C2CCCC(=O)C2C1(C)C.CC1C(C)(C)C2CCc3cncnc3C2C1(C)C.N=CN.[HH]. The molecule has 8 heteroatoms. The molecule has 1 aromatic heterocycles. The molecule has 0 aromatic carbocycles. The number of allylic oxidation sites excluding steroid dienone is 2. The van der Waals surface area contributed by atoms with E-state index in [1.165, 1.54) is 35.2 Å². The van der Waals surface area contributed by atoms with Crippen LogP contribution in [0, 0.1) is 73.4 Å². The molecule has 0 amide bonds. The first-order valence-corrected chi connectivity index (χ1v) is 21.1. The first-order valence-electron chi connectivity index (χ1n) is 21.1. The molecular weight excluding hydrogens is 685 g/mol. The first kappa shape index (κ1) is 46.5. The lowest BCUT2D eigenvalue weighted by Gasteiger charge is -2.37. The molecule has 0 radical (unpaired) electrons. The first-order chi connectivity index (χ1) is 25.1. The molecule has 1 aromatic rings. The third-order valence-electron chi connectivity index (χ3n) is 16.9. The Morgan fingerprint density at radius 1 is 0.764 bits per heavy atom. The van der Waals surface area contributed by atoms with Gasteiger partial charge in [0.1, 0.15) is 12.1 Å². The Balaban J connectivity index is 0.000000266. The molecule has 7 atom stereocenters. The minimum atomic E-state index is -0.833. The van der Waals surface area contributed by atoms with Crippen LogP contribution in [0.2, 0.25) is 0 Å². The molecule has 3 fully saturated rings. The third-order valence-corrected chi connectivity index (χ3v) is 16.9. The zero-order valence-electron chi connectivity index (χ0n) is 37.6. The summed E-state index contributed by atoms with van der Waals surface area (Å²) >= 11 is 0. The maximum atomic E-state index is 12.1. The molecule has 312 valence electrons. The number of nitrogens with one attached hydrogen (secondary N) is 1. The highest BCUT2D eigenvalue weighted by Gasteiger charge is 2.61. The van der Waals surface area contributed by atoms with Gasteiger partial charge in [-0.25, -0.2) is 9.97 Å². The van der Waals surface area contributed by atoms with Crippen LogP contribution in [0.5, 0.6) is 0 Å². The van der Waals surface area contributed by atoms with E-state index in [-0.39, 0.29) is 17.7 Å². The predicted molar refractivity (Wildman–Crippen MR) is 227 cm³/mol. The number of aryl methyl sites for hydroxylation is 1. The summed E-state index contributed by atoms with van der Waals surface area (Å²) in [6.45, 7) is 36.3. The second-order valence-electron chi connectivity index (χ2n) is 21.2.